The number of unbranched alkanes of at least 4 members (excludes halogenated alkanes) is 1. The van der Waals surface area contributed by atoms with E-state index in [1.54, 1.807) is 6.20 Å². The Bertz CT molecular complexity index is 475. The zero-order valence-corrected chi connectivity index (χ0v) is 13.9. The molecular formula is C15H25N3O2S. The number of nitrogens with two attached hydrogens (primary N) is 1. The molecule has 118 valence electrons. The summed E-state index contributed by atoms with van der Waals surface area (Å²) in [6.07, 6.45) is 5.10. The van der Waals surface area contributed by atoms with Crippen LogP contribution in [0.15, 0.2) is 6.20 Å². The Morgan fingerprint density at radius 3 is 2.90 bits per heavy atom. The highest BCUT2D eigenvalue weighted by Gasteiger charge is 2.32. The fourth-order valence-electron chi connectivity index (χ4n) is 2.54. The molecule has 0 saturated carbocycles. The predicted octanol–water partition coefficient (Wildman–Crippen LogP) is 2.78. The standard InChI is InChI=1S/C15H25N3O2S/c1-4-5-6-11-8-18(9-12(20-11)10(2)3)14(19)13-7-17-15(16)21-13/h7,10-12H,4-6,8-9H2,1-3H3,(H2,16,17)/t11-,12-/m1/s1. The third kappa shape index (κ3) is 4.17. The number of hydrogen-bond acceptors (Lipinski definition) is 5. The molecule has 0 spiro atoms. The summed E-state index contributed by atoms with van der Waals surface area (Å²) >= 11 is 1.25. The van der Waals surface area contributed by atoms with Crippen molar-refractivity contribution in [2.45, 2.75) is 52.2 Å². The van der Waals surface area contributed by atoms with Gasteiger partial charge in [-0.1, -0.05) is 44.9 Å². The number of aromatic nitrogens is 1. The average molecular weight is 311 g/mol. The fourth-order valence-corrected chi connectivity index (χ4v) is 3.19. The largest absolute Gasteiger partial charge is 0.375 e. The lowest BCUT2D eigenvalue weighted by Crippen LogP contribution is -2.51. The van der Waals surface area contributed by atoms with E-state index in [-0.39, 0.29) is 18.1 Å². The van der Waals surface area contributed by atoms with Gasteiger partial charge in [-0.2, -0.15) is 0 Å². The summed E-state index contributed by atoms with van der Waals surface area (Å²) in [6, 6.07) is 0. The van der Waals surface area contributed by atoms with Crippen molar-refractivity contribution < 1.29 is 9.53 Å². The highest BCUT2D eigenvalue weighted by Crippen LogP contribution is 2.24. The molecular weight excluding hydrogens is 286 g/mol. The van der Waals surface area contributed by atoms with E-state index < -0.39 is 0 Å². The van der Waals surface area contributed by atoms with Crippen molar-refractivity contribution in [2.75, 3.05) is 18.8 Å². The Hall–Kier alpha value is -1.14. The molecule has 1 fully saturated rings. The van der Waals surface area contributed by atoms with Crippen LogP contribution >= 0.6 is 11.3 Å². The number of carbonyl (C=O) groups is 1. The molecule has 1 saturated heterocycles. The van der Waals surface area contributed by atoms with Crippen molar-refractivity contribution in [1.82, 2.24) is 9.88 Å². The van der Waals surface area contributed by atoms with Crippen molar-refractivity contribution in [1.29, 1.82) is 0 Å². The van der Waals surface area contributed by atoms with Crippen LogP contribution in [0.2, 0.25) is 0 Å². The SMILES string of the molecule is CCCC[C@@H]1CN(C(=O)c2cnc(N)s2)C[C@H](C(C)C)O1. The molecule has 0 aliphatic carbocycles. The van der Waals surface area contributed by atoms with Gasteiger partial charge in [-0.05, 0) is 12.3 Å². The Morgan fingerprint density at radius 1 is 1.57 bits per heavy atom. The van der Waals surface area contributed by atoms with E-state index in [4.69, 9.17) is 10.5 Å². The molecule has 21 heavy (non-hydrogen) atoms. The van der Waals surface area contributed by atoms with Gasteiger partial charge in [0.2, 0.25) is 0 Å². The van der Waals surface area contributed by atoms with Crippen LogP contribution in [0.3, 0.4) is 0 Å². The number of morpholine rings is 1. The van der Waals surface area contributed by atoms with Gasteiger partial charge < -0.3 is 15.4 Å². The van der Waals surface area contributed by atoms with E-state index in [0.29, 0.717) is 29.0 Å². The molecule has 2 atom stereocenters. The summed E-state index contributed by atoms with van der Waals surface area (Å²) in [7, 11) is 0. The van der Waals surface area contributed by atoms with Crippen LogP contribution < -0.4 is 5.73 Å². The molecule has 5 nitrogen and oxygen atoms in total. The van der Waals surface area contributed by atoms with Crippen molar-refractivity contribution in [2.24, 2.45) is 5.92 Å². The van der Waals surface area contributed by atoms with E-state index in [9.17, 15) is 4.79 Å². The minimum absolute atomic E-state index is 0.0275. The van der Waals surface area contributed by atoms with Crippen LogP contribution in [0.1, 0.15) is 49.7 Å². The lowest BCUT2D eigenvalue weighted by Gasteiger charge is -2.39. The van der Waals surface area contributed by atoms with Crippen LogP contribution in [-0.4, -0.2) is 41.1 Å². The quantitative estimate of drug-likeness (QED) is 0.908. The van der Waals surface area contributed by atoms with Gasteiger partial charge in [-0.3, -0.25) is 4.79 Å². The van der Waals surface area contributed by atoms with Gasteiger partial charge in [-0.15, -0.1) is 0 Å². The first-order valence-corrected chi connectivity index (χ1v) is 8.49. The second-order valence-corrected chi connectivity index (χ2v) is 7.02. The number of amides is 1. The summed E-state index contributed by atoms with van der Waals surface area (Å²) in [6.45, 7) is 7.77. The van der Waals surface area contributed by atoms with Crippen molar-refractivity contribution in [3.05, 3.63) is 11.1 Å². The van der Waals surface area contributed by atoms with Gasteiger partial charge in [0.1, 0.15) is 4.88 Å². The smallest absolute Gasteiger partial charge is 0.265 e. The predicted molar refractivity (Wildman–Crippen MR) is 85.5 cm³/mol. The molecule has 1 aliphatic heterocycles. The second-order valence-electron chi connectivity index (χ2n) is 5.96. The minimum atomic E-state index is 0.0275. The number of carbonyl (C=O) groups excluding carboxylic acids is 1. The first-order chi connectivity index (χ1) is 10.0. The van der Waals surface area contributed by atoms with Gasteiger partial charge in [0.15, 0.2) is 5.13 Å². The number of hydrogen-bond donors (Lipinski definition) is 1. The number of nitrogens with zero attached hydrogens (tertiary/aromatic N) is 2. The van der Waals surface area contributed by atoms with Crippen molar-refractivity contribution in [3.8, 4) is 0 Å². The zero-order chi connectivity index (χ0) is 15.4. The summed E-state index contributed by atoms with van der Waals surface area (Å²) in [4.78, 5) is 19.1. The zero-order valence-electron chi connectivity index (χ0n) is 13.0. The molecule has 1 aromatic rings. The topological polar surface area (TPSA) is 68.5 Å². The van der Waals surface area contributed by atoms with Crippen LogP contribution in [-0.2, 0) is 4.74 Å². The lowest BCUT2D eigenvalue weighted by atomic mass is 10.0. The third-order valence-electron chi connectivity index (χ3n) is 3.84. The summed E-state index contributed by atoms with van der Waals surface area (Å²) < 4.78 is 6.14. The second kappa shape index (κ2) is 7.22. The lowest BCUT2D eigenvalue weighted by molar-refractivity contribution is -0.0962. The Kier molecular flexibility index (Phi) is 5.58. The van der Waals surface area contributed by atoms with Crippen LogP contribution in [0.4, 0.5) is 5.13 Å². The molecule has 0 unspecified atom stereocenters. The Balaban J connectivity index is 2.07. The maximum Gasteiger partial charge on any atom is 0.265 e. The summed E-state index contributed by atoms with van der Waals surface area (Å²) in [5.41, 5.74) is 5.63. The number of ether oxygens (including phenoxy) is 1. The van der Waals surface area contributed by atoms with Gasteiger partial charge in [0.05, 0.1) is 18.4 Å². The minimum Gasteiger partial charge on any atom is -0.375 e. The molecule has 1 aromatic heterocycles. The fraction of sp³-hybridized carbons (Fsp3) is 0.733. The number of nitrogen functional groups attached to an aromatic ring is 1. The highest BCUT2D eigenvalue weighted by molar-refractivity contribution is 7.17. The van der Waals surface area contributed by atoms with E-state index >= 15 is 0 Å². The van der Waals surface area contributed by atoms with Gasteiger partial charge in [0.25, 0.3) is 5.91 Å². The highest BCUT2D eigenvalue weighted by atomic mass is 32.1. The first kappa shape index (κ1) is 16.2. The van der Waals surface area contributed by atoms with Crippen LogP contribution in [0.5, 0.6) is 0 Å². The van der Waals surface area contributed by atoms with Crippen molar-refractivity contribution >= 4 is 22.4 Å². The number of rotatable bonds is 5. The number of thiazole rings is 1. The van der Waals surface area contributed by atoms with E-state index in [2.05, 4.69) is 25.8 Å². The van der Waals surface area contributed by atoms with Crippen molar-refractivity contribution in [3.63, 3.8) is 0 Å². The molecule has 1 aliphatic rings. The molecule has 2 N–H and O–H groups in total. The average Bonchev–Trinajstić information content (AvgIpc) is 2.90. The first-order valence-electron chi connectivity index (χ1n) is 7.67. The maximum atomic E-state index is 12.6. The molecule has 2 rings (SSSR count). The van der Waals surface area contributed by atoms with Gasteiger partial charge >= 0.3 is 0 Å². The van der Waals surface area contributed by atoms with E-state index in [1.807, 2.05) is 4.90 Å². The van der Waals surface area contributed by atoms with Crippen LogP contribution in [0.25, 0.3) is 0 Å². The monoisotopic (exact) mass is 311 g/mol. The third-order valence-corrected chi connectivity index (χ3v) is 4.65. The molecule has 0 radical (unpaired) electrons. The molecule has 6 heteroatoms. The summed E-state index contributed by atoms with van der Waals surface area (Å²) in [5.74, 6) is 0.427. The van der Waals surface area contributed by atoms with Gasteiger partial charge in [-0.25, -0.2) is 4.98 Å². The normalized spacial score (nSPS) is 22.8. The van der Waals surface area contributed by atoms with Crippen LogP contribution in [0, 0.1) is 5.92 Å². The Labute approximate surface area is 130 Å². The molecule has 1 amide bonds. The number of anilines is 1. The summed E-state index contributed by atoms with van der Waals surface area (Å²) in [5, 5.41) is 0.439. The Morgan fingerprint density at radius 2 is 2.33 bits per heavy atom. The van der Waals surface area contributed by atoms with E-state index in [0.717, 1.165) is 19.3 Å². The van der Waals surface area contributed by atoms with E-state index in [1.165, 1.54) is 11.3 Å². The van der Waals surface area contributed by atoms with Gasteiger partial charge in [0, 0.05) is 13.1 Å². The molecule has 2 heterocycles. The molecule has 0 aromatic carbocycles. The molecule has 0 bridgehead atoms. The maximum absolute atomic E-state index is 12.6.